The van der Waals surface area contributed by atoms with Crippen molar-refractivity contribution in [1.29, 1.82) is 0 Å². The Labute approximate surface area is 275 Å². The molecule has 6 rings (SSSR count). The first-order chi connectivity index (χ1) is 22.8. The molecule has 0 spiro atoms. The lowest BCUT2D eigenvalue weighted by molar-refractivity contribution is 0.0690. The molecule has 0 unspecified atom stereocenters. The molecule has 242 valence electrons. The summed E-state index contributed by atoms with van der Waals surface area (Å²) < 4.78 is 6.12. The second-order valence-electron chi connectivity index (χ2n) is 11.6. The summed E-state index contributed by atoms with van der Waals surface area (Å²) in [5.74, 6) is -1.80. The van der Waals surface area contributed by atoms with Gasteiger partial charge in [0.15, 0.2) is 5.69 Å². The molecular weight excluding hydrogens is 618 g/mol. The summed E-state index contributed by atoms with van der Waals surface area (Å²) in [4.78, 5) is 57.9. The molecule has 2 aromatic heterocycles. The summed E-state index contributed by atoms with van der Waals surface area (Å²) in [5, 5.41) is 20.8. The van der Waals surface area contributed by atoms with Gasteiger partial charge in [0.25, 0.3) is 17.7 Å². The van der Waals surface area contributed by atoms with Crippen LogP contribution in [0.3, 0.4) is 0 Å². The van der Waals surface area contributed by atoms with Crippen LogP contribution < -0.4 is 26.4 Å². The third kappa shape index (κ3) is 6.88. The Bertz CT molecular complexity index is 1880. The number of amides is 3. The number of aromatic carboxylic acids is 1. The molecule has 3 amide bonds. The molecule has 4 aromatic rings. The zero-order valence-corrected chi connectivity index (χ0v) is 26.7. The number of benzene rings is 2. The molecule has 1 fully saturated rings. The van der Waals surface area contributed by atoms with E-state index in [4.69, 9.17) is 10.5 Å². The van der Waals surface area contributed by atoms with Crippen LogP contribution in [-0.2, 0) is 13.0 Å². The van der Waals surface area contributed by atoms with Crippen LogP contribution in [0.1, 0.15) is 79.0 Å². The number of nitrogens with two attached hydrogens (primary N) is 1. The second-order valence-corrected chi connectivity index (χ2v) is 12.5. The summed E-state index contributed by atoms with van der Waals surface area (Å²) in [6.07, 6.45) is 3.51. The van der Waals surface area contributed by atoms with E-state index < -0.39 is 17.8 Å². The molecule has 3 heterocycles. The number of pyridine rings is 1. The van der Waals surface area contributed by atoms with Crippen molar-refractivity contribution in [3.63, 3.8) is 0 Å². The summed E-state index contributed by atoms with van der Waals surface area (Å²) in [6, 6.07) is 13.3. The highest BCUT2D eigenvalue weighted by molar-refractivity contribution is 7.13. The summed E-state index contributed by atoms with van der Waals surface area (Å²) >= 11 is 1.52. The minimum absolute atomic E-state index is 0.0540. The number of nitrogens with one attached hydrogen (secondary N) is 3. The minimum atomic E-state index is -1.36. The van der Waals surface area contributed by atoms with Gasteiger partial charge in [-0.2, -0.15) is 0 Å². The summed E-state index contributed by atoms with van der Waals surface area (Å²) in [5.41, 5.74) is 9.03. The van der Waals surface area contributed by atoms with Crippen LogP contribution in [0.25, 0.3) is 21.6 Å². The lowest BCUT2D eigenvalue weighted by atomic mass is 9.93. The van der Waals surface area contributed by atoms with E-state index in [0.717, 1.165) is 28.8 Å². The molecular formula is C35H35N5O6S. The maximum atomic E-state index is 14.3. The monoisotopic (exact) mass is 653 g/mol. The third-order valence-corrected chi connectivity index (χ3v) is 9.19. The molecule has 2 aliphatic rings. The number of carboxylic acid groups (broad SMARTS) is 1. The maximum Gasteiger partial charge on any atom is 0.355 e. The first-order valence-electron chi connectivity index (χ1n) is 15.6. The molecule has 1 aliphatic heterocycles. The van der Waals surface area contributed by atoms with E-state index in [0.29, 0.717) is 49.8 Å². The maximum absolute atomic E-state index is 14.3. The highest BCUT2D eigenvalue weighted by atomic mass is 32.1. The van der Waals surface area contributed by atoms with Crippen molar-refractivity contribution >= 4 is 40.7 Å². The van der Waals surface area contributed by atoms with Crippen molar-refractivity contribution in [3.05, 3.63) is 87.6 Å². The molecule has 0 saturated heterocycles. The number of aromatic nitrogens is 1. The molecule has 0 bridgehead atoms. The van der Waals surface area contributed by atoms with Crippen molar-refractivity contribution in [2.24, 2.45) is 11.7 Å². The zero-order chi connectivity index (χ0) is 33.1. The van der Waals surface area contributed by atoms with E-state index >= 15 is 0 Å². The number of thiophene rings is 1. The number of hydrogen-bond acceptors (Lipinski definition) is 8. The first kappa shape index (κ1) is 31.9. The fraction of sp³-hybridized carbons (Fsp3) is 0.286. The minimum Gasteiger partial charge on any atom is -0.493 e. The number of ether oxygens (including phenoxy) is 1. The van der Waals surface area contributed by atoms with Crippen molar-refractivity contribution in [1.82, 2.24) is 15.6 Å². The second kappa shape index (κ2) is 13.7. The average molecular weight is 654 g/mol. The Balaban J connectivity index is 1.46. The van der Waals surface area contributed by atoms with E-state index in [1.807, 2.05) is 18.4 Å². The van der Waals surface area contributed by atoms with Crippen LogP contribution in [0.5, 0.6) is 5.75 Å². The van der Waals surface area contributed by atoms with Gasteiger partial charge in [-0.1, -0.05) is 13.0 Å². The Morgan fingerprint density at radius 3 is 2.53 bits per heavy atom. The Hall–Kier alpha value is -5.07. The lowest BCUT2D eigenvalue weighted by Crippen LogP contribution is -2.27. The number of carbonyl (C=O) groups is 4. The number of rotatable bonds is 11. The van der Waals surface area contributed by atoms with Gasteiger partial charge >= 0.3 is 5.97 Å². The molecule has 6 N–H and O–H groups in total. The molecule has 12 heteroatoms. The highest BCUT2D eigenvalue weighted by Crippen LogP contribution is 2.43. The summed E-state index contributed by atoms with van der Waals surface area (Å²) in [7, 11) is 0. The highest BCUT2D eigenvalue weighted by Gasteiger charge is 2.28. The standard InChI is InChI=1S/C35H35N5O6S/c1-2-11-37-34(43)28-8-6-22(30(39-28)35(44)45)23-16-29-26(31-21(9-12-46-29)10-13-47-31)15-24(23)33(42)40-27-7-5-20(17-36)14-25(27)32(41)38-18-19-3-4-19/h5-8,10,13-16,19H,2-4,9,11-12,17-18,36H2,1H3,(H,37,43)(H,38,41)(H,40,42)(H,44,45). The topological polar surface area (TPSA) is 173 Å². The smallest absolute Gasteiger partial charge is 0.355 e. The molecule has 1 aliphatic carbocycles. The molecule has 0 radical (unpaired) electrons. The molecule has 11 nitrogen and oxygen atoms in total. The van der Waals surface area contributed by atoms with Crippen molar-refractivity contribution in [2.45, 2.75) is 39.2 Å². The summed E-state index contributed by atoms with van der Waals surface area (Å²) in [6.45, 7) is 3.48. The normalized spacial score (nSPS) is 13.4. The molecule has 2 aromatic carbocycles. The van der Waals surface area contributed by atoms with Crippen LogP contribution in [0, 0.1) is 5.92 Å². The van der Waals surface area contributed by atoms with E-state index in [1.165, 1.54) is 23.5 Å². The van der Waals surface area contributed by atoms with Crippen LogP contribution in [-0.4, -0.2) is 53.5 Å². The molecule has 0 atom stereocenters. The van der Waals surface area contributed by atoms with Gasteiger partial charge in [-0.15, -0.1) is 11.3 Å². The van der Waals surface area contributed by atoms with Crippen LogP contribution >= 0.6 is 11.3 Å². The SMILES string of the molecule is CCCNC(=O)c1ccc(-c2cc3c(cc2C(=O)Nc2ccc(CN)cc2C(=O)NCC2CC2)-c2sccc2CCO3)c(C(=O)O)n1. The van der Waals surface area contributed by atoms with E-state index in [-0.39, 0.29) is 51.8 Å². The largest absolute Gasteiger partial charge is 0.493 e. The van der Waals surface area contributed by atoms with Gasteiger partial charge in [-0.05, 0) is 84.2 Å². The van der Waals surface area contributed by atoms with Gasteiger partial charge < -0.3 is 31.5 Å². The van der Waals surface area contributed by atoms with Crippen molar-refractivity contribution in [3.8, 4) is 27.3 Å². The first-order valence-corrected chi connectivity index (χ1v) is 16.5. The van der Waals surface area contributed by atoms with Crippen molar-refractivity contribution < 1.29 is 29.0 Å². The fourth-order valence-corrected chi connectivity index (χ4v) is 6.46. The number of fused-ring (bicyclic) bond motifs is 3. The van der Waals surface area contributed by atoms with Crippen LogP contribution in [0.2, 0.25) is 0 Å². The van der Waals surface area contributed by atoms with Gasteiger partial charge in [0.2, 0.25) is 0 Å². The predicted molar refractivity (Wildman–Crippen MR) is 179 cm³/mol. The average Bonchev–Trinajstić information content (AvgIpc) is 3.84. The number of anilines is 1. The zero-order valence-electron chi connectivity index (χ0n) is 25.9. The Kier molecular flexibility index (Phi) is 9.32. The van der Waals surface area contributed by atoms with Gasteiger partial charge in [-0.3, -0.25) is 14.4 Å². The number of nitrogens with zero attached hydrogens (tertiary/aromatic N) is 1. The van der Waals surface area contributed by atoms with Gasteiger partial charge in [0, 0.05) is 53.2 Å². The van der Waals surface area contributed by atoms with Crippen molar-refractivity contribution in [2.75, 3.05) is 25.0 Å². The number of carboxylic acids is 1. The lowest BCUT2D eigenvalue weighted by Gasteiger charge is -2.18. The van der Waals surface area contributed by atoms with E-state index in [2.05, 4.69) is 20.9 Å². The molecule has 47 heavy (non-hydrogen) atoms. The quantitative estimate of drug-likeness (QED) is 0.149. The number of hydrogen-bond donors (Lipinski definition) is 5. The number of carbonyl (C=O) groups excluding carboxylic acids is 3. The Morgan fingerprint density at radius 1 is 0.957 bits per heavy atom. The van der Waals surface area contributed by atoms with E-state index in [9.17, 15) is 24.3 Å². The van der Waals surface area contributed by atoms with Crippen LogP contribution in [0.15, 0.2) is 53.9 Å². The molecule has 1 saturated carbocycles. The van der Waals surface area contributed by atoms with Gasteiger partial charge in [0.1, 0.15) is 11.4 Å². The third-order valence-electron chi connectivity index (χ3n) is 8.20. The van der Waals surface area contributed by atoms with Gasteiger partial charge in [-0.25, -0.2) is 9.78 Å². The van der Waals surface area contributed by atoms with E-state index in [1.54, 1.807) is 30.3 Å². The predicted octanol–water partition coefficient (Wildman–Crippen LogP) is 5.10. The van der Waals surface area contributed by atoms with Crippen LogP contribution in [0.4, 0.5) is 5.69 Å². The Morgan fingerprint density at radius 2 is 1.79 bits per heavy atom. The van der Waals surface area contributed by atoms with Gasteiger partial charge in [0.05, 0.1) is 17.9 Å². The fourth-order valence-electron chi connectivity index (χ4n) is 5.48.